The molecule has 0 radical (unpaired) electrons. The van der Waals surface area contributed by atoms with E-state index < -0.39 is 5.97 Å². The van der Waals surface area contributed by atoms with Crippen LogP contribution in [0.4, 0.5) is 5.69 Å². The van der Waals surface area contributed by atoms with Gasteiger partial charge in [-0.25, -0.2) is 0 Å². The molecule has 5 heteroatoms. The zero-order valence-corrected chi connectivity index (χ0v) is 14.2. The number of carboxylic acids is 1. The van der Waals surface area contributed by atoms with Crippen molar-refractivity contribution in [2.45, 2.75) is 40.0 Å². The highest BCUT2D eigenvalue weighted by Gasteiger charge is 2.29. The first kappa shape index (κ1) is 16.3. The number of nitrogens with zero attached hydrogens (tertiary/aromatic N) is 1. The summed E-state index contributed by atoms with van der Waals surface area (Å²) in [4.78, 5) is 25.9. The largest absolute Gasteiger partial charge is 0.481 e. The Bertz CT molecular complexity index is 819. The molecule has 0 bridgehead atoms. The number of rotatable bonds is 3. The Morgan fingerprint density at radius 1 is 1.21 bits per heavy atom. The molecule has 0 fully saturated rings. The van der Waals surface area contributed by atoms with Gasteiger partial charge in [-0.15, -0.1) is 0 Å². The number of amides is 1. The number of furan rings is 1. The number of benzene rings is 1. The van der Waals surface area contributed by atoms with Crippen molar-refractivity contribution in [3.8, 4) is 0 Å². The number of anilines is 1. The maximum absolute atomic E-state index is 13.1. The summed E-state index contributed by atoms with van der Waals surface area (Å²) in [5.41, 5.74) is 5.49. The van der Waals surface area contributed by atoms with Crippen molar-refractivity contribution < 1.29 is 19.1 Å². The third-order valence-electron chi connectivity index (χ3n) is 4.51. The average molecular weight is 327 g/mol. The monoisotopic (exact) mass is 327 g/mol. The Morgan fingerprint density at radius 2 is 1.96 bits per heavy atom. The number of carbonyl (C=O) groups excluding carboxylic acids is 1. The van der Waals surface area contributed by atoms with Crippen molar-refractivity contribution in [2.75, 3.05) is 11.4 Å². The number of aryl methyl sites for hydroxylation is 3. The van der Waals surface area contributed by atoms with Gasteiger partial charge in [0.05, 0.1) is 11.8 Å². The molecule has 0 atom stereocenters. The molecular weight excluding hydrogens is 306 g/mol. The van der Waals surface area contributed by atoms with Crippen LogP contribution in [0.3, 0.4) is 0 Å². The smallest absolute Gasteiger partial charge is 0.311 e. The SMILES string of the molecule is Cc1cc(C)c2c(c1)N(C(=O)c1c(C)coc1CC(=O)O)CCC2. The molecule has 1 aliphatic rings. The highest BCUT2D eigenvalue weighted by molar-refractivity contribution is 6.08. The van der Waals surface area contributed by atoms with Crippen LogP contribution in [0.25, 0.3) is 0 Å². The third-order valence-corrected chi connectivity index (χ3v) is 4.51. The molecule has 0 saturated heterocycles. The van der Waals surface area contributed by atoms with Gasteiger partial charge >= 0.3 is 5.97 Å². The fourth-order valence-electron chi connectivity index (χ4n) is 3.47. The maximum Gasteiger partial charge on any atom is 0.311 e. The van der Waals surface area contributed by atoms with Crippen LogP contribution in [0, 0.1) is 20.8 Å². The summed E-state index contributed by atoms with van der Waals surface area (Å²) in [5.74, 6) is -0.964. The average Bonchev–Trinajstić information content (AvgIpc) is 2.86. The predicted molar refractivity (Wildman–Crippen MR) is 90.7 cm³/mol. The van der Waals surface area contributed by atoms with Crippen LogP contribution >= 0.6 is 0 Å². The van der Waals surface area contributed by atoms with E-state index in [2.05, 4.69) is 13.0 Å². The molecule has 1 aliphatic heterocycles. The van der Waals surface area contributed by atoms with Crippen molar-refractivity contribution in [3.63, 3.8) is 0 Å². The summed E-state index contributed by atoms with van der Waals surface area (Å²) in [6, 6.07) is 4.16. The van der Waals surface area contributed by atoms with Crippen LogP contribution in [-0.4, -0.2) is 23.5 Å². The summed E-state index contributed by atoms with van der Waals surface area (Å²) in [6.45, 7) is 6.49. The summed E-state index contributed by atoms with van der Waals surface area (Å²) in [6.07, 6.45) is 3.02. The summed E-state index contributed by atoms with van der Waals surface area (Å²) in [5, 5.41) is 9.04. The van der Waals surface area contributed by atoms with E-state index in [1.54, 1.807) is 11.8 Å². The van der Waals surface area contributed by atoms with Crippen molar-refractivity contribution in [2.24, 2.45) is 0 Å². The second-order valence-corrected chi connectivity index (χ2v) is 6.43. The maximum atomic E-state index is 13.1. The van der Waals surface area contributed by atoms with Gasteiger partial charge in [0.1, 0.15) is 12.2 Å². The first-order valence-corrected chi connectivity index (χ1v) is 8.09. The van der Waals surface area contributed by atoms with E-state index in [9.17, 15) is 9.59 Å². The molecule has 2 aromatic rings. The molecular formula is C19H21NO4. The molecule has 1 amide bonds. The van der Waals surface area contributed by atoms with Crippen LogP contribution in [0.5, 0.6) is 0 Å². The second-order valence-electron chi connectivity index (χ2n) is 6.43. The summed E-state index contributed by atoms with van der Waals surface area (Å²) < 4.78 is 5.33. The number of aliphatic carboxylic acids is 1. The van der Waals surface area contributed by atoms with Gasteiger partial charge in [-0.1, -0.05) is 6.07 Å². The lowest BCUT2D eigenvalue weighted by molar-refractivity contribution is -0.136. The molecule has 0 saturated carbocycles. The van der Waals surface area contributed by atoms with Gasteiger partial charge in [0.15, 0.2) is 0 Å². The van der Waals surface area contributed by atoms with E-state index >= 15 is 0 Å². The van der Waals surface area contributed by atoms with E-state index in [-0.39, 0.29) is 18.1 Å². The number of hydrogen-bond acceptors (Lipinski definition) is 3. The Hall–Kier alpha value is -2.56. The standard InChI is InChI=1S/C19H21NO4/c1-11-7-12(2)14-5-4-6-20(15(14)8-11)19(23)18-13(3)10-24-16(18)9-17(21)22/h7-8,10H,4-6,9H2,1-3H3,(H,21,22). The van der Waals surface area contributed by atoms with Gasteiger partial charge in [-0.2, -0.15) is 0 Å². The molecule has 24 heavy (non-hydrogen) atoms. The zero-order chi connectivity index (χ0) is 17.4. The molecule has 1 N–H and O–H groups in total. The molecule has 126 valence electrons. The highest BCUT2D eigenvalue weighted by Crippen LogP contribution is 2.33. The van der Waals surface area contributed by atoms with Crippen LogP contribution in [0.15, 0.2) is 22.8 Å². The predicted octanol–water partition coefficient (Wildman–Crippen LogP) is 3.42. The first-order valence-electron chi connectivity index (χ1n) is 8.09. The Labute approximate surface area is 140 Å². The van der Waals surface area contributed by atoms with Crippen LogP contribution in [-0.2, 0) is 17.6 Å². The van der Waals surface area contributed by atoms with E-state index in [1.807, 2.05) is 13.0 Å². The van der Waals surface area contributed by atoms with Gasteiger partial charge in [0, 0.05) is 17.8 Å². The number of carbonyl (C=O) groups is 2. The van der Waals surface area contributed by atoms with Gasteiger partial charge in [-0.05, 0) is 56.4 Å². The van der Waals surface area contributed by atoms with E-state index in [0.29, 0.717) is 17.7 Å². The van der Waals surface area contributed by atoms with Gasteiger partial charge < -0.3 is 14.4 Å². The summed E-state index contributed by atoms with van der Waals surface area (Å²) in [7, 11) is 0. The van der Waals surface area contributed by atoms with Crippen molar-refractivity contribution in [1.82, 2.24) is 0 Å². The van der Waals surface area contributed by atoms with E-state index in [1.165, 1.54) is 17.4 Å². The third kappa shape index (κ3) is 2.82. The highest BCUT2D eigenvalue weighted by atomic mass is 16.4. The lowest BCUT2D eigenvalue weighted by Gasteiger charge is -2.31. The minimum Gasteiger partial charge on any atom is -0.481 e. The Kier molecular flexibility index (Phi) is 4.18. The second kappa shape index (κ2) is 6.15. The van der Waals surface area contributed by atoms with E-state index in [4.69, 9.17) is 9.52 Å². The van der Waals surface area contributed by atoms with E-state index in [0.717, 1.165) is 24.1 Å². The van der Waals surface area contributed by atoms with Crippen LogP contribution in [0.2, 0.25) is 0 Å². The van der Waals surface area contributed by atoms with Crippen molar-refractivity contribution in [3.05, 3.63) is 52.0 Å². The Morgan fingerprint density at radius 3 is 2.67 bits per heavy atom. The fourth-order valence-corrected chi connectivity index (χ4v) is 3.47. The van der Waals surface area contributed by atoms with Crippen molar-refractivity contribution in [1.29, 1.82) is 0 Å². The first-order chi connectivity index (χ1) is 11.4. The van der Waals surface area contributed by atoms with Gasteiger partial charge in [0.25, 0.3) is 5.91 Å². The van der Waals surface area contributed by atoms with Gasteiger partial charge in [-0.3, -0.25) is 9.59 Å². The molecule has 0 aliphatic carbocycles. The van der Waals surface area contributed by atoms with Crippen molar-refractivity contribution >= 4 is 17.6 Å². The summed E-state index contributed by atoms with van der Waals surface area (Å²) >= 11 is 0. The van der Waals surface area contributed by atoms with Crippen LogP contribution < -0.4 is 4.90 Å². The van der Waals surface area contributed by atoms with Gasteiger partial charge in [0.2, 0.25) is 0 Å². The lowest BCUT2D eigenvalue weighted by Crippen LogP contribution is -2.36. The molecule has 1 aromatic carbocycles. The topological polar surface area (TPSA) is 70.8 Å². The minimum absolute atomic E-state index is 0.177. The number of fused-ring (bicyclic) bond motifs is 1. The molecule has 0 unspecified atom stereocenters. The molecule has 0 spiro atoms. The molecule has 3 rings (SSSR count). The minimum atomic E-state index is -1.01. The zero-order valence-electron chi connectivity index (χ0n) is 14.2. The molecule has 5 nitrogen and oxygen atoms in total. The molecule has 1 aromatic heterocycles. The van der Waals surface area contributed by atoms with Crippen LogP contribution in [0.1, 0.15) is 44.8 Å². The fraction of sp³-hybridized carbons (Fsp3) is 0.368. The number of hydrogen-bond donors (Lipinski definition) is 1. The normalized spacial score (nSPS) is 13.7. The quantitative estimate of drug-likeness (QED) is 0.937. The molecule has 2 heterocycles. The lowest BCUT2D eigenvalue weighted by atomic mass is 9.94. The number of carboxylic acid groups (broad SMARTS) is 1. The Balaban J connectivity index is 2.05.